The maximum atomic E-state index is 14.6. The van der Waals surface area contributed by atoms with Gasteiger partial charge in [-0.3, -0.25) is 19.2 Å². The molecule has 3 unspecified atom stereocenters. The third-order valence-corrected chi connectivity index (χ3v) is 14.8. The number of likely N-dealkylation sites (tertiary alicyclic amines) is 1. The van der Waals surface area contributed by atoms with Crippen molar-refractivity contribution >= 4 is 39.6 Å². The Morgan fingerprint density at radius 1 is 1.07 bits per heavy atom. The van der Waals surface area contributed by atoms with Crippen molar-refractivity contribution in [3.05, 3.63) is 42.5 Å². The van der Waals surface area contributed by atoms with E-state index in [1.807, 2.05) is 26.8 Å². The average molecular weight is 763 g/mol. The summed E-state index contributed by atoms with van der Waals surface area (Å²) < 4.78 is 28.5. The second kappa shape index (κ2) is 14.8. The van der Waals surface area contributed by atoms with Crippen LogP contribution in [0.3, 0.4) is 0 Å². The van der Waals surface area contributed by atoms with Gasteiger partial charge in [-0.05, 0) is 65.9 Å². The first-order valence-electron chi connectivity index (χ1n) is 19.1. The Hall–Kier alpha value is -4.22. The van der Waals surface area contributed by atoms with Crippen LogP contribution in [0.5, 0.6) is 0 Å². The summed E-state index contributed by atoms with van der Waals surface area (Å²) in [6.07, 6.45) is 9.55. The molecule has 54 heavy (non-hydrogen) atoms. The van der Waals surface area contributed by atoms with Gasteiger partial charge in [-0.1, -0.05) is 65.3 Å². The van der Waals surface area contributed by atoms with E-state index in [-0.39, 0.29) is 54.6 Å². The molecule has 8 atom stereocenters. The molecule has 1 aromatic carbocycles. The summed E-state index contributed by atoms with van der Waals surface area (Å²) >= 11 is 0. The summed E-state index contributed by atoms with van der Waals surface area (Å²) in [6, 6.07) is 2.72. The minimum atomic E-state index is -3.74. The lowest BCUT2D eigenvalue weighted by atomic mass is 9.85. The van der Waals surface area contributed by atoms with Gasteiger partial charge in [-0.25, -0.2) is 13.2 Å². The van der Waals surface area contributed by atoms with E-state index in [0.717, 1.165) is 18.4 Å². The van der Waals surface area contributed by atoms with Gasteiger partial charge < -0.3 is 26.2 Å². The Labute approximate surface area is 318 Å². The van der Waals surface area contributed by atoms with E-state index in [4.69, 9.17) is 6.42 Å². The highest BCUT2D eigenvalue weighted by atomic mass is 32.2. The quantitative estimate of drug-likeness (QED) is 0.128. The maximum Gasteiger partial charge on any atom is 0.315 e. The number of hydrogen-bond donors (Lipinski definition) is 4. The van der Waals surface area contributed by atoms with Gasteiger partial charge in [0.1, 0.15) is 12.1 Å². The van der Waals surface area contributed by atoms with Gasteiger partial charge >= 0.3 is 6.03 Å². The molecule has 3 saturated carbocycles. The first-order valence-corrected chi connectivity index (χ1v) is 20.6. The second-order valence-electron chi connectivity index (χ2n) is 16.9. The number of rotatable bonds is 14. The fraction of sp³-hybridized carbons (Fsp3) is 0.625. The molecule has 4 fully saturated rings. The van der Waals surface area contributed by atoms with Crippen LogP contribution in [0.4, 0.5) is 4.79 Å². The van der Waals surface area contributed by atoms with Crippen LogP contribution < -0.4 is 21.3 Å². The average Bonchev–Trinajstić information content (AvgIpc) is 3.67. The summed E-state index contributed by atoms with van der Waals surface area (Å²) in [5.41, 5.74) is -0.288. The Kier molecular flexibility index (Phi) is 10.8. The smallest absolute Gasteiger partial charge is 0.315 e. The lowest BCUT2D eigenvalue weighted by Gasteiger charge is -2.37. The van der Waals surface area contributed by atoms with Crippen LogP contribution in [-0.2, 0) is 35.7 Å². The SMILES string of the molecule is C#CCCC(NC(=O)[C@@H]1[C@H]2CCC[C@H]2CN1C(=O)[C@@H](NC(=O)N[C@H](CN1Cc2ccccc2S1(=O)=O)C12C(C)C1C2C)C(C)(C)C)C(=O)C(=O)NCC=C. The zero-order valence-electron chi connectivity index (χ0n) is 31.9. The van der Waals surface area contributed by atoms with Gasteiger partial charge in [-0.15, -0.1) is 18.9 Å². The van der Waals surface area contributed by atoms with Gasteiger partial charge in [0.15, 0.2) is 0 Å². The van der Waals surface area contributed by atoms with E-state index >= 15 is 0 Å². The standard InChI is InChI=1S/C40H54N6O7S/c1-8-10-17-28(33(47)36(49)41-19-9-2)42-35(48)32-27-16-13-15-25(27)21-46(32)37(50)34(39(5,6)7)44-38(51)43-30(40-23(3)31(40)24(40)4)22-45-20-26-14-11-12-18-29(26)54(45,52)53/h1,9,11-12,14,18,23-25,27-28,30-32,34H,2,10,13,15-17,19-22H2,3-7H3,(H,41,49)(H,42,48)(H2,43,44,51)/t23?,24?,25-,27-,28?,30+,31?,32-,34+,40?/m0/s1. The van der Waals surface area contributed by atoms with E-state index in [1.54, 1.807) is 18.2 Å². The van der Waals surface area contributed by atoms with E-state index in [0.29, 0.717) is 30.7 Å². The number of amides is 5. The topological polar surface area (TPSA) is 174 Å². The summed E-state index contributed by atoms with van der Waals surface area (Å²) in [4.78, 5) is 70.3. The van der Waals surface area contributed by atoms with Crippen LogP contribution in [0.25, 0.3) is 0 Å². The van der Waals surface area contributed by atoms with E-state index < -0.39 is 69.1 Å². The number of nitrogens with zero attached hydrogens (tertiary/aromatic N) is 2. The van der Waals surface area contributed by atoms with E-state index in [2.05, 4.69) is 47.6 Å². The first kappa shape index (κ1) is 39.5. The minimum absolute atomic E-state index is 0.0508. The van der Waals surface area contributed by atoms with Crippen LogP contribution >= 0.6 is 0 Å². The number of carbonyl (C=O) groups is 5. The number of fused-ring (bicyclic) bond motifs is 3. The van der Waals surface area contributed by atoms with Gasteiger partial charge in [-0.2, -0.15) is 4.31 Å². The molecule has 4 N–H and O–H groups in total. The number of urea groups is 1. The lowest BCUT2D eigenvalue weighted by molar-refractivity contribution is -0.144. The molecule has 1 saturated heterocycles. The summed E-state index contributed by atoms with van der Waals surface area (Å²) in [5.74, 6) is 0.728. The van der Waals surface area contributed by atoms with Crippen LogP contribution in [0.2, 0.25) is 0 Å². The lowest BCUT2D eigenvalue weighted by Crippen LogP contribution is -2.62. The van der Waals surface area contributed by atoms with Crippen LogP contribution in [0, 0.1) is 52.8 Å². The van der Waals surface area contributed by atoms with Crippen LogP contribution in [-0.4, -0.2) is 91.0 Å². The highest BCUT2D eigenvalue weighted by Gasteiger charge is 2.85. The highest BCUT2D eigenvalue weighted by Crippen LogP contribution is 2.85. The number of ketones is 1. The molecule has 0 bridgehead atoms. The zero-order valence-corrected chi connectivity index (χ0v) is 32.7. The number of sulfonamides is 1. The predicted octanol–water partition coefficient (Wildman–Crippen LogP) is 2.57. The number of carbonyl (C=O) groups excluding carboxylic acids is 5. The van der Waals surface area contributed by atoms with Gasteiger partial charge in [0.2, 0.25) is 27.6 Å². The van der Waals surface area contributed by atoms with Crippen molar-refractivity contribution in [2.75, 3.05) is 19.6 Å². The molecule has 1 aromatic rings. The molecule has 0 aromatic heterocycles. The minimum Gasteiger partial charge on any atom is -0.346 e. The highest BCUT2D eigenvalue weighted by molar-refractivity contribution is 7.89. The molecule has 14 heteroatoms. The number of Topliss-reactive ketones (excluding diaryl/α,β-unsaturated/α-hetero) is 1. The molecule has 6 rings (SSSR count). The Morgan fingerprint density at radius 2 is 1.78 bits per heavy atom. The third-order valence-electron chi connectivity index (χ3n) is 12.9. The number of hydrogen-bond acceptors (Lipinski definition) is 7. The second-order valence-corrected chi connectivity index (χ2v) is 18.8. The fourth-order valence-electron chi connectivity index (χ4n) is 10.1. The molecule has 292 valence electrons. The van der Waals surface area contributed by atoms with E-state index in [1.165, 1.54) is 15.3 Å². The normalized spacial score (nSPS) is 30.3. The zero-order chi connectivity index (χ0) is 39.3. The Morgan fingerprint density at radius 3 is 2.39 bits per heavy atom. The van der Waals surface area contributed by atoms with Crippen molar-refractivity contribution < 1.29 is 32.4 Å². The van der Waals surface area contributed by atoms with Gasteiger partial charge in [0.05, 0.1) is 17.0 Å². The summed E-state index contributed by atoms with van der Waals surface area (Å²) in [7, 11) is -3.74. The van der Waals surface area contributed by atoms with Crippen molar-refractivity contribution in [3.8, 4) is 12.3 Å². The molecular weight excluding hydrogens is 709 g/mol. The van der Waals surface area contributed by atoms with Crippen molar-refractivity contribution in [1.29, 1.82) is 0 Å². The van der Waals surface area contributed by atoms with Gasteiger partial charge in [0.25, 0.3) is 5.91 Å². The van der Waals surface area contributed by atoms with Gasteiger partial charge in [0, 0.05) is 38.0 Å². The number of nitrogens with one attached hydrogen (secondary N) is 4. The Bertz CT molecular complexity index is 1860. The Balaban J connectivity index is 1.20. The molecule has 3 aliphatic carbocycles. The molecule has 2 heterocycles. The summed E-state index contributed by atoms with van der Waals surface area (Å²) in [5, 5.41) is 11.3. The largest absolute Gasteiger partial charge is 0.346 e. The monoisotopic (exact) mass is 762 g/mol. The van der Waals surface area contributed by atoms with Crippen LogP contribution in [0.15, 0.2) is 41.8 Å². The number of terminal acetylenes is 1. The van der Waals surface area contributed by atoms with Crippen LogP contribution in [0.1, 0.15) is 72.3 Å². The molecule has 2 aliphatic heterocycles. The predicted molar refractivity (Wildman–Crippen MR) is 202 cm³/mol. The van der Waals surface area contributed by atoms with E-state index in [9.17, 15) is 32.4 Å². The third kappa shape index (κ3) is 6.94. The van der Waals surface area contributed by atoms with Crippen molar-refractivity contribution in [2.45, 2.75) is 102 Å². The molecule has 5 amide bonds. The van der Waals surface area contributed by atoms with Crippen molar-refractivity contribution in [3.63, 3.8) is 0 Å². The van der Waals surface area contributed by atoms with Crippen molar-refractivity contribution in [2.24, 2.45) is 40.4 Å². The summed E-state index contributed by atoms with van der Waals surface area (Å²) in [6.45, 7) is 14.0. The molecule has 13 nitrogen and oxygen atoms in total. The van der Waals surface area contributed by atoms with Crippen molar-refractivity contribution in [1.82, 2.24) is 30.5 Å². The first-order chi connectivity index (χ1) is 25.5. The fourth-order valence-corrected chi connectivity index (χ4v) is 11.7. The maximum absolute atomic E-state index is 14.6. The molecule has 0 spiro atoms. The number of benzene rings is 1. The molecule has 5 aliphatic rings. The molecule has 0 radical (unpaired) electrons. The molecular formula is C40H54N6O7S.